The Morgan fingerprint density at radius 1 is 1.47 bits per heavy atom. The number of rotatable bonds is 2. The molecule has 2 heterocycles. The van der Waals surface area contributed by atoms with E-state index in [-0.39, 0.29) is 5.92 Å². The van der Waals surface area contributed by atoms with E-state index in [0.717, 1.165) is 24.1 Å². The van der Waals surface area contributed by atoms with Gasteiger partial charge in [0.2, 0.25) is 0 Å². The fourth-order valence-electron chi connectivity index (χ4n) is 2.62. The van der Waals surface area contributed by atoms with Crippen LogP contribution >= 0.6 is 0 Å². The maximum absolute atomic E-state index is 10.4. The number of aliphatic hydroxyl groups is 1. The predicted molar refractivity (Wildman–Crippen MR) is 63.7 cm³/mol. The molecule has 17 heavy (non-hydrogen) atoms. The maximum Gasteiger partial charge on any atom is 0.135 e. The molecule has 3 rings (SSSR count). The Morgan fingerprint density at radius 2 is 2.35 bits per heavy atom. The standard InChI is InChI=1S/C14H15NO2/c1-9-6-8-17-14(9)13(16)11-5-4-10-3-2-7-15-12(10)11/h2-3,6-8,11,13,16H,4-5H2,1H3. The SMILES string of the molecule is Cc1ccoc1C(O)C1CCc2cccnc21. The second-order valence-corrected chi connectivity index (χ2v) is 4.61. The molecule has 0 aromatic carbocycles. The van der Waals surface area contributed by atoms with E-state index in [4.69, 9.17) is 4.42 Å². The Kier molecular flexibility index (Phi) is 2.48. The lowest BCUT2D eigenvalue weighted by Crippen LogP contribution is -2.09. The van der Waals surface area contributed by atoms with Gasteiger partial charge in [-0.05, 0) is 43.0 Å². The quantitative estimate of drug-likeness (QED) is 0.861. The highest BCUT2D eigenvalue weighted by atomic mass is 16.4. The van der Waals surface area contributed by atoms with Crippen LogP contribution in [0.1, 0.15) is 41.0 Å². The molecule has 2 atom stereocenters. The van der Waals surface area contributed by atoms with Gasteiger partial charge in [-0.3, -0.25) is 4.98 Å². The van der Waals surface area contributed by atoms with Crippen LogP contribution in [0.5, 0.6) is 0 Å². The smallest absolute Gasteiger partial charge is 0.135 e. The van der Waals surface area contributed by atoms with Crippen molar-refractivity contribution in [3.8, 4) is 0 Å². The lowest BCUT2D eigenvalue weighted by atomic mass is 9.96. The summed E-state index contributed by atoms with van der Waals surface area (Å²) in [4.78, 5) is 4.40. The third-order valence-electron chi connectivity index (χ3n) is 3.55. The average molecular weight is 229 g/mol. The lowest BCUT2D eigenvalue weighted by Gasteiger charge is -2.17. The molecule has 0 fully saturated rings. The van der Waals surface area contributed by atoms with Crippen LogP contribution in [0.25, 0.3) is 0 Å². The van der Waals surface area contributed by atoms with Crippen molar-refractivity contribution in [2.24, 2.45) is 0 Å². The summed E-state index contributed by atoms with van der Waals surface area (Å²) in [5.41, 5.74) is 3.28. The van der Waals surface area contributed by atoms with E-state index in [0.29, 0.717) is 5.76 Å². The highest BCUT2D eigenvalue weighted by Gasteiger charge is 2.32. The molecule has 0 spiro atoms. The Balaban J connectivity index is 1.95. The van der Waals surface area contributed by atoms with Crippen molar-refractivity contribution in [3.05, 3.63) is 53.2 Å². The number of furan rings is 1. The van der Waals surface area contributed by atoms with Crippen molar-refractivity contribution in [1.82, 2.24) is 4.98 Å². The molecule has 2 aromatic heterocycles. The van der Waals surface area contributed by atoms with Crippen LogP contribution in [0.3, 0.4) is 0 Å². The van der Waals surface area contributed by atoms with Gasteiger partial charge in [0.15, 0.2) is 0 Å². The van der Waals surface area contributed by atoms with E-state index in [2.05, 4.69) is 11.1 Å². The molecular formula is C14H15NO2. The van der Waals surface area contributed by atoms with Gasteiger partial charge >= 0.3 is 0 Å². The first-order chi connectivity index (χ1) is 8.27. The topological polar surface area (TPSA) is 46.3 Å². The molecule has 1 aliphatic rings. The number of aryl methyl sites for hydroxylation is 2. The van der Waals surface area contributed by atoms with E-state index in [1.807, 2.05) is 19.1 Å². The van der Waals surface area contributed by atoms with Gasteiger partial charge in [0, 0.05) is 17.8 Å². The van der Waals surface area contributed by atoms with Gasteiger partial charge in [-0.2, -0.15) is 0 Å². The van der Waals surface area contributed by atoms with Crippen LogP contribution < -0.4 is 0 Å². The molecule has 3 nitrogen and oxygen atoms in total. The molecule has 2 unspecified atom stereocenters. The molecule has 0 radical (unpaired) electrons. The van der Waals surface area contributed by atoms with Crippen LogP contribution in [0.15, 0.2) is 35.1 Å². The molecule has 0 saturated carbocycles. The summed E-state index contributed by atoms with van der Waals surface area (Å²) in [7, 11) is 0. The van der Waals surface area contributed by atoms with Crippen molar-refractivity contribution >= 4 is 0 Å². The molecule has 0 aliphatic heterocycles. The molecule has 0 bridgehead atoms. The minimum Gasteiger partial charge on any atom is -0.466 e. The third-order valence-corrected chi connectivity index (χ3v) is 3.55. The first-order valence-corrected chi connectivity index (χ1v) is 5.93. The van der Waals surface area contributed by atoms with Crippen LogP contribution in [0.2, 0.25) is 0 Å². The molecule has 3 heteroatoms. The van der Waals surface area contributed by atoms with Crippen LogP contribution in [-0.2, 0) is 6.42 Å². The van der Waals surface area contributed by atoms with Crippen molar-refractivity contribution in [1.29, 1.82) is 0 Å². The van der Waals surface area contributed by atoms with E-state index in [9.17, 15) is 5.11 Å². The second-order valence-electron chi connectivity index (χ2n) is 4.61. The number of fused-ring (bicyclic) bond motifs is 1. The summed E-state index contributed by atoms with van der Waals surface area (Å²) >= 11 is 0. The third kappa shape index (κ3) is 1.67. The summed E-state index contributed by atoms with van der Waals surface area (Å²) in [6, 6.07) is 5.92. The lowest BCUT2D eigenvalue weighted by molar-refractivity contribution is 0.117. The number of aromatic nitrogens is 1. The van der Waals surface area contributed by atoms with Crippen LogP contribution in [-0.4, -0.2) is 10.1 Å². The number of hydrogen-bond donors (Lipinski definition) is 1. The first-order valence-electron chi connectivity index (χ1n) is 5.93. The van der Waals surface area contributed by atoms with Gasteiger partial charge in [0.25, 0.3) is 0 Å². The Bertz CT molecular complexity index is 533. The molecule has 1 aliphatic carbocycles. The van der Waals surface area contributed by atoms with Crippen LogP contribution in [0, 0.1) is 6.92 Å². The fraction of sp³-hybridized carbons (Fsp3) is 0.357. The molecule has 1 N–H and O–H groups in total. The monoisotopic (exact) mass is 229 g/mol. The minimum atomic E-state index is -0.582. The summed E-state index contributed by atoms with van der Waals surface area (Å²) in [6.07, 6.45) is 4.76. The van der Waals surface area contributed by atoms with E-state index >= 15 is 0 Å². The zero-order chi connectivity index (χ0) is 11.8. The summed E-state index contributed by atoms with van der Waals surface area (Å²) in [5, 5.41) is 10.4. The summed E-state index contributed by atoms with van der Waals surface area (Å²) in [6.45, 7) is 1.95. The van der Waals surface area contributed by atoms with E-state index in [1.54, 1.807) is 12.5 Å². The van der Waals surface area contributed by atoms with Crippen molar-refractivity contribution in [3.63, 3.8) is 0 Å². The number of nitrogens with zero attached hydrogens (tertiary/aromatic N) is 1. The van der Waals surface area contributed by atoms with Gasteiger partial charge in [-0.1, -0.05) is 6.07 Å². The number of aliphatic hydroxyl groups excluding tert-OH is 1. The molecule has 0 saturated heterocycles. The minimum absolute atomic E-state index is 0.0658. The molecule has 0 amide bonds. The first kappa shape index (κ1) is 10.5. The fourth-order valence-corrected chi connectivity index (χ4v) is 2.62. The van der Waals surface area contributed by atoms with Gasteiger partial charge in [0.1, 0.15) is 11.9 Å². The zero-order valence-electron chi connectivity index (χ0n) is 9.76. The van der Waals surface area contributed by atoms with Crippen molar-refractivity contribution in [2.75, 3.05) is 0 Å². The van der Waals surface area contributed by atoms with Gasteiger partial charge in [0.05, 0.1) is 6.26 Å². The molecule has 88 valence electrons. The molecule has 2 aromatic rings. The Morgan fingerprint density at radius 3 is 3.12 bits per heavy atom. The molecular weight excluding hydrogens is 214 g/mol. The second kappa shape index (κ2) is 4.00. The van der Waals surface area contributed by atoms with Gasteiger partial charge in [-0.25, -0.2) is 0 Å². The predicted octanol–water partition coefficient (Wildman–Crippen LogP) is 2.75. The van der Waals surface area contributed by atoms with E-state index < -0.39 is 6.10 Å². The van der Waals surface area contributed by atoms with Gasteiger partial charge in [-0.15, -0.1) is 0 Å². The Hall–Kier alpha value is -1.61. The highest BCUT2D eigenvalue weighted by molar-refractivity contribution is 5.32. The van der Waals surface area contributed by atoms with Crippen molar-refractivity contribution < 1.29 is 9.52 Å². The van der Waals surface area contributed by atoms with Crippen LogP contribution in [0.4, 0.5) is 0 Å². The van der Waals surface area contributed by atoms with E-state index in [1.165, 1.54) is 5.56 Å². The Labute approximate surface area is 100 Å². The normalized spacial score (nSPS) is 20.2. The highest BCUT2D eigenvalue weighted by Crippen LogP contribution is 2.41. The summed E-state index contributed by atoms with van der Waals surface area (Å²) < 4.78 is 5.38. The number of pyridine rings is 1. The average Bonchev–Trinajstić information content (AvgIpc) is 2.94. The van der Waals surface area contributed by atoms with Gasteiger partial charge < -0.3 is 9.52 Å². The largest absolute Gasteiger partial charge is 0.466 e. The van der Waals surface area contributed by atoms with Crippen molar-refractivity contribution in [2.45, 2.75) is 31.8 Å². The summed E-state index contributed by atoms with van der Waals surface area (Å²) in [5.74, 6) is 0.740. The zero-order valence-corrected chi connectivity index (χ0v) is 9.76. The number of hydrogen-bond acceptors (Lipinski definition) is 3. The maximum atomic E-state index is 10.4.